The minimum atomic E-state index is -0.862. The Kier molecular flexibility index (Phi) is 4.97. The van der Waals surface area contributed by atoms with Crippen LogP contribution in [0.3, 0.4) is 0 Å². The van der Waals surface area contributed by atoms with Crippen LogP contribution in [0.2, 0.25) is 0 Å². The number of ketones is 1. The summed E-state index contributed by atoms with van der Waals surface area (Å²) in [5, 5.41) is 21.2. The maximum absolute atomic E-state index is 13.0. The second-order valence-electron chi connectivity index (χ2n) is 14.0. The van der Waals surface area contributed by atoms with Crippen molar-refractivity contribution in [3.05, 3.63) is 11.6 Å². The Labute approximate surface area is 199 Å². The summed E-state index contributed by atoms with van der Waals surface area (Å²) in [4.78, 5) is 25.7. The van der Waals surface area contributed by atoms with Gasteiger partial charge >= 0.3 is 5.97 Å². The summed E-state index contributed by atoms with van der Waals surface area (Å²) in [6.07, 6.45) is 9.79. The van der Waals surface area contributed by atoms with E-state index in [1.54, 1.807) is 0 Å². The van der Waals surface area contributed by atoms with Gasteiger partial charge in [0.05, 0.1) is 5.41 Å². The molecule has 0 aromatic rings. The van der Waals surface area contributed by atoms with E-state index in [0.717, 1.165) is 51.4 Å². The van der Waals surface area contributed by atoms with Crippen molar-refractivity contribution in [2.45, 2.75) is 105 Å². The first-order valence-electron chi connectivity index (χ1n) is 13.4. The van der Waals surface area contributed by atoms with Gasteiger partial charge in [-0.2, -0.15) is 0 Å². The minimum absolute atomic E-state index is 0.0115. The van der Waals surface area contributed by atoms with Crippen LogP contribution in [0, 0.1) is 50.7 Å². The molecule has 0 bridgehead atoms. The van der Waals surface area contributed by atoms with Crippen LogP contribution in [-0.4, -0.2) is 28.1 Å². The van der Waals surface area contributed by atoms with Gasteiger partial charge in [0.15, 0.2) is 5.78 Å². The van der Waals surface area contributed by atoms with Crippen LogP contribution in [0.1, 0.15) is 99.3 Å². The van der Waals surface area contributed by atoms with Gasteiger partial charge in [-0.3, -0.25) is 9.59 Å². The Morgan fingerprint density at radius 1 is 1.00 bits per heavy atom. The van der Waals surface area contributed by atoms with Crippen LogP contribution in [0.25, 0.3) is 0 Å². The predicted molar refractivity (Wildman–Crippen MR) is 128 cm³/mol. The van der Waals surface area contributed by atoms with E-state index in [1.807, 2.05) is 0 Å². The average molecular weight is 457 g/mol. The summed E-state index contributed by atoms with van der Waals surface area (Å²) < 4.78 is 0. The van der Waals surface area contributed by atoms with E-state index in [4.69, 9.17) is 0 Å². The Morgan fingerprint density at radius 3 is 2.36 bits per heavy atom. The summed E-state index contributed by atoms with van der Waals surface area (Å²) >= 11 is 0. The molecule has 0 aromatic carbocycles. The van der Waals surface area contributed by atoms with Gasteiger partial charge in [-0.1, -0.05) is 66.0 Å². The van der Waals surface area contributed by atoms with Crippen LogP contribution in [0.4, 0.5) is 0 Å². The van der Waals surface area contributed by atoms with E-state index in [9.17, 15) is 19.8 Å². The number of aliphatic hydroxyl groups excluding tert-OH is 1. The van der Waals surface area contributed by atoms with Crippen molar-refractivity contribution in [3.8, 4) is 0 Å². The maximum Gasteiger partial charge on any atom is 0.310 e. The molecular formula is C29H44O4. The molecule has 4 saturated carbocycles. The molecule has 5 aliphatic carbocycles. The molecular weight excluding hydrogens is 412 g/mol. The molecule has 0 amide bonds. The molecule has 4 heteroatoms. The monoisotopic (exact) mass is 456 g/mol. The normalized spacial score (nSPS) is 53.1. The van der Waals surface area contributed by atoms with Gasteiger partial charge in [0.25, 0.3) is 0 Å². The topological polar surface area (TPSA) is 74.6 Å². The van der Waals surface area contributed by atoms with E-state index in [0.29, 0.717) is 24.2 Å². The first-order chi connectivity index (χ1) is 15.3. The molecule has 0 heterocycles. The third kappa shape index (κ3) is 2.68. The van der Waals surface area contributed by atoms with Crippen molar-refractivity contribution in [2.24, 2.45) is 50.7 Å². The smallest absolute Gasteiger partial charge is 0.310 e. The number of carboxylic acid groups (broad SMARTS) is 1. The Balaban J connectivity index is 1.62. The third-order valence-electron chi connectivity index (χ3n) is 12.5. The van der Waals surface area contributed by atoms with Crippen molar-refractivity contribution in [1.29, 1.82) is 0 Å². The van der Waals surface area contributed by atoms with Gasteiger partial charge in [0, 0.05) is 11.8 Å². The van der Waals surface area contributed by atoms with Gasteiger partial charge in [0.2, 0.25) is 0 Å². The summed E-state index contributed by atoms with van der Waals surface area (Å²) in [7, 11) is 0. The summed E-state index contributed by atoms with van der Waals surface area (Å²) in [5.74, 6) is 0.667. The molecule has 2 N–H and O–H groups in total. The number of carbonyl (C=O) groups is 2. The van der Waals surface area contributed by atoms with Gasteiger partial charge in [-0.05, 0) is 78.4 Å². The van der Waals surface area contributed by atoms with Crippen LogP contribution < -0.4 is 0 Å². The molecule has 0 radical (unpaired) electrons. The largest absolute Gasteiger partial charge is 0.481 e. The second kappa shape index (κ2) is 6.95. The molecule has 5 rings (SSSR count). The highest BCUT2D eigenvalue weighted by atomic mass is 16.4. The van der Waals surface area contributed by atoms with Crippen LogP contribution in [-0.2, 0) is 9.59 Å². The van der Waals surface area contributed by atoms with Crippen molar-refractivity contribution in [2.75, 3.05) is 0 Å². The first kappa shape index (κ1) is 23.6. The fourth-order valence-electron chi connectivity index (χ4n) is 10.7. The second-order valence-corrected chi connectivity index (χ2v) is 14.0. The number of carboxylic acids is 1. The molecule has 4 fully saturated rings. The first-order valence-corrected chi connectivity index (χ1v) is 13.4. The molecule has 0 saturated heterocycles. The lowest BCUT2D eigenvalue weighted by atomic mass is 9.33. The molecule has 4 nitrogen and oxygen atoms in total. The fourth-order valence-corrected chi connectivity index (χ4v) is 10.7. The number of Topliss-reactive ketones (excluding diaryl/α,β-unsaturated/α-hetero) is 1. The third-order valence-corrected chi connectivity index (χ3v) is 12.5. The molecule has 5 aliphatic rings. The predicted octanol–water partition coefficient (Wildman–Crippen LogP) is 6.02. The van der Waals surface area contributed by atoms with Crippen LogP contribution in [0.5, 0.6) is 0 Å². The Bertz CT molecular complexity index is 919. The van der Waals surface area contributed by atoms with Crippen molar-refractivity contribution in [3.63, 3.8) is 0 Å². The Hall–Kier alpha value is -1.16. The molecule has 0 aliphatic heterocycles. The van der Waals surface area contributed by atoms with Gasteiger partial charge in [-0.25, -0.2) is 0 Å². The van der Waals surface area contributed by atoms with Gasteiger partial charge < -0.3 is 10.2 Å². The molecule has 8 unspecified atom stereocenters. The van der Waals surface area contributed by atoms with E-state index < -0.39 is 22.9 Å². The number of allylic oxidation sites excluding steroid dienone is 2. The highest BCUT2D eigenvalue weighted by Gasteiger charge is 2.70. The summed E-state index contributed by atoms with van der Waals surface area (Å²) in [6, 6.07) is 0. The lowest BCUT2D eigenvalue weighted by molar-refractivity contribution is -0.204. The maximum atomic E-state index is 13.0. The Morgan fingerprint density at radius 2 is 1.70 bits per heavy atom. The molecule has 33 heavy (non-hydrogen) atoms. The number of carbonyl (C=O) groups excluding carboxylic acids is 1. The zero-order valence-corrected chi connectivity index (χ0v) is 21.5. The summed E-state index contributed by atoms with van der Waals surface area (Å²) in [6.45, 7) is 13.7. The van der Waals surface area contributed by atoms with Crippen LogP contribution in [0.15, 0.2) is 11.6 Å². The standard InChI is InChI=1S/C29H44O4/c1-17-8-7-12-29(24(32)33)15-14-27(5)18(22(17)29)9-10-21-26(4)16-19(30)23(31)25(2,3)20(26)11-13-28(21,27)6/h9,17,20-23,31H,7-8,10-16H2,1-6H3,(H,32,33)/t17?,20?,21?,22?,23?,26?,27-,28?,29?/m1/s1. The van der Waals surface area contributed by atoms with Crippen molar-refractivity contribution >= 4 is 11.8 Å². The molecule has 184 valence electrons. The number of hydrogen-bond donors (Lipinski definition) is 2. The zero-order valence-electron chi connectivity index (χ0n) is 21.5. The number of aliphatic hydroxyl groups is 1. The lowest BCUT2D eigenvalue weighted by Crippen LogP contribution is -2.66. The number of hydrogen-bond acceptors (Lipinski definition) is 3. The molecule has 0 spiro atoms. The zero-order chi connectivity index (χ0) is 24.2. The number of fused-ring (bicyclic) bond motifs is 7. The number of rotatable bonds is 1. The quantitative estimate of drug-likeness (QED) is 0.473. The molecule has 0 aromatic heterocycles. The van der Waals surface area contributed by atoms with Gasteiger partial charge in [-0.15, -0.1) is 0 Å². The highest BCUT2D eigenvalue weighted by Crippen LogP contribution is 2.75. The van der Waals surface area contributed by atoms with E-state index >= 15 is 0 Å². The van der Waals surface area contributed by atoms with E-state index in [2.05, 4.69) is 47.6 Å². The summed E-state index contributed by atoms with van der Waals surface area (Å²) in [5.41, 5.74) is 0.327. The number of aliphatic carboxylic acids is 1. The van der Waals surface area contributed by atoms with E-state index in [-0.39, 0.29) is 27.9 Å². The fraction of sp³-hybridized carbons (Fsp3) is 0.862. The molecule has 9 atom stereocenters. The van der Waals surface area contributed by atoms with Crippen molar-refractivity contribution in [1.82, 2.24) is 0 Å². The van der Waals surface area contributed by atoms with Gasteiger partial charge in [0.1, 0.15) is 6.10 Å². The van der Waals surface area contributed by atoms with E-state index in [1.165, 1.54) is 5.57 Å². The lowest BCUT2D eigenvalue weighted by Gasteiger charge is -2.70. The van der Waals surface area contributed by atoms with Crippen molar-refractivity contribution < 1.29 is 19.8 Å². The SMILES string of the molecule is CC1CCCC2(C(=O)O)CC[C@]3(C)C(=CCC4C5(C)CC(=O)C(O)C(C)(C)C5CCC43C)C12. The van der Waals surface area contributed by atoms with Crippen LogP contribution >= 0.6 is 0 Å². The average Bonchev–Trinajstić information content (AvgIpc) is 2.72. The highest BCUT2D eigenvalue weighted by molar-refractivity contribution is 5.85. The minimum Gasteiger partial charge on any atom is -0.481 e.